The van der Waals surface area contributed by atoms with Crippen molar-refractivity contribution in [1.82, 2.24) is 16.0 Å². The first-order valence-corrected chi connectivity index (χ1v) is 11.0. The van der Waals surface area contributed by atoms with Crippen LogP contribution in [0.4, 0.5) is 0 Å². The molecule has 0 aromatic heterocycles. The van der Waals surface area contributed by atoms with Gasteiger partial charge in [-0.2, -0.15) is 0 Å². The molecule has 194 valence electrons. The van der Waals surface area contributed by atoms with E-state index < -0.39 is 60.2 Å². The lowest BCUT2D eigenvalue weighted by molar-refractivity contribution is -0.142. The minimum atomic E-state index is -1.28. The highest BCUT2D eigenvalue weighted by atomic mass is 16.4. The minimum Gasteiger partial charge on any atom is -0.481 e. The van der Waals surface area contributed by atoms with Gasteiger partial charge in [0, 0.05) is 13.0 Å². The van der Waals surface area contributed by atoms with E-state index in [0.717, 1.165) is 0 Å². The van der Waals surface area contributed by atoms with Crippen molar-refractivity contribution >= 4 is 35.6 Å². The summed E-state index contributed by atoms with van der Waals surface area (Å²) in [6, 6.07) is -4.55. The van der Waals surface area contributed by atoms with E-state index in [9.17, 15) is 29.1 Å². The molecule has 0 heterocycles. The lowest BCUT2D eigenvalue weighted by Gasteiger charge is -2.24. The Balaban J connectivity index is 5.12. The molecule has 0 saturated heterocycles. The fourth-order valence-corrected chi connectivity index (χ4v) is 2.75. The van der Waals surface area contributed by atoms with Gasteiger partial charge < -0.3 is 43.4 Å². The topological polar surface area (TPSA) is 252 Å². The first-order valence-electron chi connectivity index (χ1n) is 11.0. The number of carboxylic acid groups (broad SMARTS) is 2. The van der Waals surface area contributed by atoms with Gasteiger partial charge >= 0.3 is 11.9 Å². The first-order chi connectivity index (χ1) is 15.8. The number of carbonyl (C=O) groups excluding carboxylic acids is 3. The number of hydrogen-bond donors (Lipinski definition) is 8. The minimum absolute atomic E-state index is 0.0450. The Hall–Kier alpha value is -3.42. The Bertz CT molecular complexity index is 756. The predicted molar refractivity (Wildman–Crippen MR) is 123 cm³/mol. The van der Waals surface area contributed by atoms with E-state index in [1.807, 2.05) is 6.92 Å². The third-order valence-corrected chi connectivity index (χ3v) is 5.15. The molecule has 11 N–H and O–H groups in total. The summed E-state index contributed by atoms with van der Waals surface area (Å²) >= 11 is 0. The zero-order chi connectivity index (χ0) is 26.4. The smallest absolute Gasteiger partial charge is 0.326 e. The molecule has 0 aromatic carbocycles. The number of guanidine groups is 1. The zero-order valence-electron chi connectivity index (χ0n) is 19.7. The Morgan fingerprint density at radius 3 is 1.97 bits per heavy atom. The van der Waals surface area contributed by atoms with Crippen molar-refractivity contribution in [1.29, 1.82) is 0 Å². The number of carboxylic acids is 2. The third-order valence-electron chi connectivity index (χ3n) is 5.15. The number of nitrogens with zero attached hydrogens (tertiary/aromatic N) is 1. The maximum Gasteiger partial charge on any atom is 0.326 e. The van der Waals surface area contributed by atoms with E-state index in [4.69, 9.17) is 22.3 Å². The summed E-state index contributed by atoms with van der Waals surface area (Å²) in [5.41, 5.74) is 16.3. The van der Waals surface area contributed by atoms with Gasteiger partial charge in [0.1, 0.15) is 18.1 Å². The highest BCUT2D eigenvalue weighted by molar-refractivity contribution is 5.94. The molecule has 0 saturated carbocycles. The number of rotatable bonds is 16. The second-order valence-corrected chi connectivity index (χ2v) is 7.98. The van der Waals surface area contributed by atoms with Gasteiger partial charge in [-0.05, 0) is 32.1 Å². The predicted octanol–water partition coefficient (Wildman–Crippen LogP) is -2.16. The standard InChI is InChI=1S/C20H37N7O7/c1-4-10(2)15(21)18(32)26-12(7-8-14(28)29)17(31)25-11(3)16(30)27-13(19(33)34)6-5-9-24-20(22)23/h10-13,15H,4-9,21H2,1-3H3,(H,25,31)(H,26,32)(H,27,30)(H,28,29)(H,33,34)(H4,22,23,24). The molecule has 14 heteroatoms. The highest BCUT2D eigenvalue weighted by Gasteiger charge is 2.29. The third kappa shape index (κ3) is 12.0. The number of nitrogens with one attached hydrogen (secondary N) is 3. The molecule has 0 aromatic rings. The molecule has 3 amide bonds. The molecule has 0 bridgehead atoms. The van der Waals surface area contributed by atoms with Crippen LogP contribution in [0.5, 0.6) is 0 Å². The van der Waals surface area contributed by atoms with Crippen molar-refractivity contribution in [2.24, 2.45) is 28.1 Å². The molecule has 0 aliphatic rings. The first kappa shape index (κ1) is 30.6. The fourth-order valence-electron chi connectivity index (χ4n) is 2.75. The monoisotopic (exact) mass is 487 g/mol. The zero-order valence-corrected chi connectivity index (χ0v) is 19.7. The maximum atomic E-state index is 12.7. The van der Waals surface area contributed by atoms with Gasteiger partial charge in [-0.3, -0.25) is 24.2 Å². The molecule has 0 radical (unpaired) electrons. The Labute approximate surface area is 198 Å². The molecule has 0 fully saturated rings. The van der Waals surface area contributed by atoms with Crippen molar-refractivity contribution in [2.45, 2.75) is 77.0 Å². The highest BCUT2D eigenvalue weighted by Crippen LogP contribution is 2.07. The lowest BCUT2D eigenvalue weighted by Crippen LogP contribution is -2.57. The molecule has 0 aliphatic carbocycles. The van der Waals surface area contributed by atoms with Crippen LogP contribution in [0, 0.1) is 5.92 Å². The number of hydrogen-bond acceptors (Lipinski definition) is 7. The van der Waals surface area contributed by atoms with Crippen molar-refractivity contribution < 1.29 is 34.2 Å². The molecule has 0 spiro atoms. The lowest BCUT2D eigenvalue weighted by atomic mass is 9.98. The van der Waals surface area contributed by atoms with Crippen molar-refractivity contribution in [2.75, 3.05) is 6.54 Å². The normalized spacial score (nSPS) is 15.1. The number of nitrogens with two attached hydrogens (primary N) is 3. The molecule has 34 heavy (non-hydrogen) atoms. The average Bonchev–Trinajstić information content (AvgIpc) is 2.76. The van der Waals surface area contributed by atoms with E-state index in [2.05, 4.69) is 20.9 Å². The number of carbonyl (C=O) groups is 5. The quantitative estimate of drug-likeness (QED) is 0.0664. The number of aliphatic carboxylic acids is 2. The number of amides is 3. The van der Waals surface area contributed by atoms with Crippen LogP contribution < -0.4 is 33.2 Å². The van der Waals surface area contributed by atoms with Crippen molar-refractivity contribution in [3.8, 4) is 0 Å². The summed E-state index contributed by atoms with van der Waals surface area (Å²) in [5.74, 6) is -4.95. The molecule has 14 nitrogen and oxygen atoms in total. The Morgan fingerprint density at radius 1 is 0.882 bits per heavy atom. The van der Waals surface area contributed by atoms with Crippen LogP contribution >= 0.6 is 0 Å². The van der Waals surface area contributed by atoms with Gasteiger partial charge in [0.05, 0.1) is 6.04 Å². The van der Waals surface area contributed by atoms with Crippen molar-refractivity contribution in [3.63, 3.8) is 0 Å². The summed E-state index contributed by atoms with van der Waals surface area (Å²) in [6.45, 7) is 5.11. The fraction of sp³-hybridized carbons (Fsp3) is 0.700. The SMILES string of the molecule is CCC(C)C(N)C(=O)NC(CCC(=O)O)C(=O)NC(C)C(=O)NC(CCCN=C(N)N)C(=O)O. The van der Waals surface area contributed by atoms with Gasteiger partial charge in [0.25, 0.3) is 0 Å². The van der Waals surface area contributed by atoms with E-state index >= 15 is 0 Å². The van der Waals surface area contributed by atoms with Gasteiger partial charge in [-0.25, -0.2) is 4.79 Å². The summed E-state index contributed by atoms with van der Waals surface area (Å²) < 4.78 is 0. The second kappa shape index (κ2) is 15.4. The molecular formula is C20H37N7O7. The summed E-state index contributed by atoms with van der Waals surface area (Å²) in [7, 11) is 0. The summed E-state index contributed by atoms with van der Waals surface area (Å²) in [6.07, 6.45) is 0.318. The molecule has 0 rings (SSSR count). The average molecular weight is 488 g/mol. The van der Waals surface area contributed by atoms with Crippen LogP contribution in [0.1, 0.15) is 52.9 Å². The second-order valence-electron chi connectivity index (χ2n) is 7.98. The van der Waals surface area contributed by atoms with Crippen LogP contribution in [0.15, 0.2) is 4.99 Å². The van der Waals surface area contributed by atoms with Gasteiger partial charge in [-0.15, -0.1) is 0 Å². The summed E-state index contributed by atoms with van der Waals surface area (Å²) in [4.78, 5) is 63.6. The maximum absolute atomic E-state index is 12.7. The summed E-state index contributed by atoms with van der Waals surface area (Å²) in [5, 5.41) is 25.4. The largest absolute Gasteiger partial charge is 0.481 e. The van der Waals surface area contributed by atoms with Gasteiger partial charge in [-0.1, -0.05) is 20.3 Å². The molecule has 5 atom stereocenters. The Morgan fingerprint density at radius 2 is 1.47 bits per heavy atom. The molecule has 0 aliphatic heterocycles. The van der Waals surface area contributed by atoms with Crippen LogP contribution in [0.25, 0.3) is 0 Å². The molecule has 5 unspecified atom stereocenters. The van der Waals surface area contributed by atoms with Crippen LogP contribution in [0.3, 0.4) is 0 Å². The van der Waals surface area contributed by atoms with E-state index in [0.29, 0.717) is 6.42 Å². The van der Waals surface area contributed by atoms with E-state index in [1.165, 1.54) is 6.92 Å². The van der Waals surface area contributed by atoms with Crippen LogP contribution in [0.2, 0.25) is 0 Å². The van der Waals surface area contributed by atoms with Gasteiger partial charge in [0.2, 0.25) is 17.7 Å². The molecular weight excluding hydrogens is 450 g/mol. The van der Waals surface area contributed by atoms with Gasteiger partial charge in [0.15, 0.2) is 5.96 Å². The van der Waals surface area contributed by atoms with E-state index in [1.54, 1.807) is 6.92 Å². The van der Waals surface area contributed by atoms with Crippen LogP contribution in [-0.4, -0.2) is 76.5 Å². The number of aliphatic imine (C=N–C) groups is 1. The van der Waals surface area contributed by atoms with E-state index in [-0.39, 0.29) is 37.7 Å². The van der Waals surface area contributed by atoms with Crippen molar-refractivity contribution in [3.05, 3.63) is 0 Å². The van der Waals surface area contributed by atoms with Crippen LogP contribution in [-0.2, 0) is 24.0 Å². The Kier molecular flexibility index (Phi) is 13.9.